The van der Waals surface area contributed by atoms with Crippen molar-refractivity contribution in [2.75, 3.05) is 7.11 Å². The van der Waals surface area contributed by atoms with Crippen molar-refractivity contribution >= 4 is 5.97 Å². The lowest BCUT2D eigenvalue weighted by Crippen LogP contribution is -2.08. The van der Waals surface area contributed by atoms with Crippen LogP contribution in [0.4, 0.5) is 0 Å². The summed E-state index contributed by atoms with van der Waals surface area (Å²) in [5.74, 6) is 0.645. The molecule has 24 heavy (non-hydrogen) atoms. The van der Waals surface area contributed by atoms with Crippen molar-refractivity contribution in [1.29, 1.82) is 0 Å². The second kappa shape index (κ2) is 6.86. The van der Waals surface area contributed by atoms with E-state index in [9.17, 15) is 4.79 Å². The Bertz CT molecular complexity index is 828. The summed E-state index contributed by atoms with van der Waals surface area (Å²) in [6.07, 6.45) is 2.85. The first kappa shape index (κ1) is 15.6. The molecule has 0 bridgehead atoms. The molecule has 0 saturated heterocycles. The monoisotopic (exact) mass is 326 g/mol. The maximum absolute atomic E-state index is 11.8. The first-order valence-electron chi connectivity index (χ1n) is 7.08. The number of rotatable bonds is 5. The summed E-state index contributed by atoms with van der Waals surface area (Å²) in [6, 6.07) is 7.17. The highest BCUT2D eigenvalue weighted by Crippen LogP contribution is 2.21. The standard InChI is InChI=1S/C16H14N4O4/c1-10-7-18-13(8-17-10)16(21)23-9-14-19-20-15(24-14)11-3-5-12(22-2)6-4-11/h3-8H,9H2,1-2H3. The maximum atomic E-state index is 11.8. The van der Waals surface area contributed by atoms with Crippen LogP contribution in [0.5, 0.6) is 5.75 Å². The normalized spacial score (nSPS) is 10.4. The number of aryl methyl sites for hydroxylation is 1. The Morgan fingerprint density at radius 3 is 2.58 bits per heavy atom. The van der Waals surface area contributed by atoms with Gasteiger partial charge in [0, 0.05) is 11.8 Å². The van der Waals surface area contributed by atoms with E-state index in [1.54, 1.807) is 38.3 Å². The average molecular weight is 326 g/mol. The molecule has 2 aromatic heterocycles. The molecule has 1 aromatic carbocycles. The van der Waals surface area contributed by atoms with Gasteiger partial charge in [0.2, 0.25) is 5.89 Å². The number of nitrogens with zero attached hydrogens (tertiary/aromatic N) is 4. The number of esters is 1. The molecule has 0 amide bonds. The van der Waals surface area contributed by atoms with Crippen molar-refractivity contribution in [3.63, 3.8) is 0 Å². The molecular formula is C16H14N4O4. The second-order valence-electron chi connectivity index (χ2n) is 4.85. The molecule has 0 fully saturated rings. The molecular weight excluding hydrogens is 312 g/mol. The second-order valence-corrected chi connectivity index (χ2v) is 4.85. The lowest BCUT2D eigenvalue weighted by atomic mass is 10.2. The fourth-order valence-electron chi connectivity index (χ4n) is 1.86. The van der Waals surface area contributed by atoms with Crippen LogP contribution in [-0.4, -0.2) is 33.2 Å². The van der Waals surface area contributed by atoms with Gasteiger partial charge in [0.15, 0.2) is 12.3 Å². The minimum atomic E-state index is -0.605. The third kappa shape index (κ3) is 3.54. The Morgan fingerprint density at radius 2 is 1.92 bits per heavy atom. The summed E-state index contributed by atoms with van der Waals surface area (Å²) in [5, 5.41) is 7.78. The maximum Gasteiger partial charge on any atom is 0.359 e. The van der Waals surface area contributed by atoms with E-state index in [1.165, 1.54) is 12.4 Å². The van der Waals surface area contributed by atoms with Crippen LogP contribution in [0.15, 0.2) is 41.1 Å². The van der Waals surface area contributed by atoms with Crippen LogP contribution in [-0.2, 0) is 11.3 Å². The zero-order chi connectivity index (χ0) is 16.9. The number of benzene rings is 1. The Labute approximate surface area is 137 Å². The fraction of sp³-hybridized carbons (Fsp3) is 0.188. The van der Waals surface area contributed by atoms with Gasteiger partial charge >= 0.3 is 5.97 Å². The molecule has 0 radical (unpaired) electrons. The molecule has 0 aliphatic heterocycles. The number of hydrogen-bond donors (Lipinski definition) is 0. The number of methoxy groups -OCH3 is 1. The van der Waals surface area contributed by atoms with Gasteiger partial charge in [-0.2, -0.15) is 0 Å². The van der Waals surface area contributed by atoms with E-state index in [-0.39, 0.29) is 18.2 Å². The summed E-state index contributed by atoms with van der Waals surface area (Å²) >= 11 is 0. The molecule has 2 heterocycles. The predicted octanol–water partition coefficient (Wildman–Crippen LogP) is 2.20. The van der Waals surface area contributed by atoms with Gasteiger partial charge in [-0.05, 0) is 31.2 Å². The summed E-state index contributed by atoms with van der Waals surface area (Å²) in [4.78, 5) is 19.8. The number of ether oxygens (including phenoxy) is 2. The molecule has 0 aliphatic rings. The molecule has 0 atom stereocenters. The van der Waals surface area contributed by atoms with Gasteiger partial charge in [-0.25, -0.2) is 9.78 Å². The van der Waals surface area contributed by atoms with E-state index in [4.69, 9.17) is 13.9 Å². The lowest BCUT2D eigenvalue weighted by Gasteiger charge is -2.01. The molecule has 0 saturated carbocycles. The van der Waals surface area contributed by atoms with Crippen LogP contribution in [0, 0.1) is 6.92 Å². The smallest absolute Gasteiger partial charge is 0.359 e. The van der Waals surface area contributed by atoms with Crippen molar-refractivity contribution in [3.8, 4) is 17.2 Å². The van der Waals surface area contributed by atoms with Crippen molar-refractivity contribution in [2.24, 2.45) is 0 Å². The quantitative estimate of drug-likeness (QED) is 0.658. The minimum absolute atomic E-state index is 0.121. The van der Waals surface area contributed by atoms with Crippen LogP contribution in [0.2, 0.25) is 0 Å². The first-order chi connectivity index (χ1) is 11.7. The molecule has 8 nitrogen and oxygen atoms in total. The van der Waals surface area contributed by atoms with Crippen LogP contribution in [0.3, 0.4) is 0 Å². The van der Waals surface area contributed by atoms with Crippen molar-refractivity contribution in [3.05, 3.63) is 53.9 Å². The number of hydrogen-bond acceptors (Lipinski definition) is 8. The SMILES string of the molecule is COc1ccc(-c2nnc(COC(=O)c3cnc(C)cn3)o2)cc1. The van der Waals surface area contributed by atoms with E-state index < -0.39 is 5.97 Å². The minimum Gasteiger partial charge on any atom is -0.497 e. The topological polar surface area (TPSA) is 100 Å². The summed E-state index contributed by atoms with van der Waals surface area (Å²) in [6.45, 7) is 1.64. The average Bonchev–Trinajstić information content (AvgIpc) is 3.09. The Kier molecular flexibility index (Phi) is 4.46. The van der Waals surface area contributed by atoms with E-state index in [0.29, 0.717) is 11.6 Å². The van der Waals surface area contributed by atoms with Crippen LogP contribution < -0.4 is 4.74 Å². The Balaban J connectivity index is 1.63. The molecule has 0 unspecified atom stereocenters. The highest BCUT2D eigenvalue weighted by atomic mass is 16.5. The van der Waals surface area contributed by atoms with Crippen molar-refractivity contribution in [2.45, 2.75) is 13.5 Å². The van der Waals surface area contributed by atoms with Gasteiger partial charge in [0.05, 0.1) is 19.0 Å². The molecule has 0 N–H and O–H groups in total. The van der Waals surface area contributed by atoms with Crippen LogP contribution in [0.1, 0.15) is 22.1 Å². The third-order valence-electron chi connectivity index (χ3n) is 3.12. The molecule has 3 aromatic rings. The largest absolute Gasteiger partial charge is 0.497 e. The van der Waals surface area contributed by atoms with E-state index in [0.717, 1.165) is 11.3 Å². The van der Waals surface area contributed by atoms with Gasteiger partial charge in [-0.1, -0.05) is 0 Å². The number of carbonyl (C=O) groups excluding carboxylic acids is 1. The zero-order valence-electron chi connectivity index (χ0n) is 13.1. The van der Waals surface area contributed by atoms with Gasteiger partial charge < -0.3 is 13.9 Å². The summed E-state index contributed by atoms with van der Waals surface area (Å²) < 4.78 is 15.6. The van der Waals surface area contributed by atoms with Crippen LogP contribution >= 0.6 is 0 Å². The van der Waals surface area contributed by atoms with Crippen molar-refractivity contribution in [1.82, 2.24) is 20.2 Å². The highest BCUT2D eigenvalue weighted by molar-refractivity contribution is 5.86. The Hall–Kier alpha value is -3.29. The van der Waals surface area contributed by atoms with Gasteiger partial charge in [-0.15, -0.1) is 10.2 Å². The number of carbonyl (C=O) groups is 1. The number of aromatic nitrogens is 4. The third-order valence-corrected chi connectivity index (χ3v) is 3.12. The van der Waals surface area contributed by atoms with Gasteiger partial charge in [-0.3, -0.25) is 4.98 Å². The van der Waals surface area contributed by atoms with Crippen molar-refractivity contribution < 1.29 is 18.7 Å². The van der Waals surface area contributed by atoms with Gasteiger partial charge in [0.1, 0.15) is 5.75 Å². The lowest BCUT2D eigenvalue weighted by molar-refractivity contribution is 0.0431. The van der Waals surface area contributed by atoms with Gasteiger partial charge in [0.25, 0.3) is 5.89 Å². The molecule has 0 aliphatic carbocycles. The predicted molar refractivity (Wildman–Crippen MR) is 82.2 cm³/mol. The van der Waals surface area contributed by atoms with E-state index in [1.807, 2.05) is 0 Å². The summed E-state index contributed by atoms with van der Waals surface area (Å²) in [5.41, 5.74) is 1.58. The molecule has 3 rings (SSSR count). The molecule has 122 valence electrons. The first-order valence-corrected chi connectivity index (χ1v) is 7.08. The molecule has 8 heteroatoms. The van der Waals surface area contributed by atoms with E-state index >= 15 is 0 Å². The Morgan fingerprint density at radius 1 is 1.12 bits per heavy atom. The zero-order valence-corrected chi connectivity index (χ0v) is 13.1. The van der Waals surface area contributed by atoms with E-state index in [2.05, 4.69) is 20.2 Å². The fourth-order valence-corrected chi connectivity index (χ4v) is 1.86. The molecule has 0 spiro atoms. The van der Waals surface area contributed by atoms with Crippen LogP contribution in [0.25, 0.3) is 11.5 Å². The highest BCUT2D eigenvalue weighted by Gasteiger charge is 2.13. The summed E-state index contributed by atoms with van der Waals surface area (Å²) in [7, 11) is 1.59.